The molecule has 1 heterocycles. The normalized spacial score (nSPS) is 20.2. The lowest BCUT2D eigenvalue weighted by atomic mass is 10.0. The molecule has 1 aromatic carbocycles. The number of hydrogen-bond acceptors (Lipinski definition) is 1. The zero-order valence-corrected chi connectivity index (χ0v) is 10.3. The van der Waals surface area contributed by atoms with Gasteiger partial charge in [-0.2, -0.15) is 0 Å². The van der Waals surface area contributed by atoms with Crippen molar-refractivity contribution in [2.24, 2.45) is 0 Å². The van der Waals surface area contributed by atoms with E-state index in [1.165, 1.54) is 56.2 Å². The van der Waals surface area contributed by atoms with Crippen LogP contribution in [0.3, 0.4) is 0 Å². The average molecular weight is 217 g/mol. The van der Waals surface area contributed by atoms with Crippen molar-refractivity contribution in [2.75, 3.05) is 6.54 Å². The Hall–Kier alpha value is -0.820. The Labute approximate surface area is 99.3 Å². The van der Waals surface area contributed by atoms with Crippen LogP contribution in [0.15, 0.2) is 24.3 Å². The highest BCUT2D eigenvalue weighted by Gasteiger charge is 2.15. The Balaban J connectivity index is 1.88. The van der Waals surface area contributed by atoms with Crippen molar-refractivity contribution in [3.05, 3.63) is 35.4 Å². The molecule has 1 saturated heterocycles. The first-order valence-corrected chi connectivity index (χ1v) is 6.72. The van der Waals surface area contributed by atoms with E-state index in [0.29, 0.717) is 6.04 Å². The van der Waals surface area contributed by atoms with Crippen LogP contribution in [0.5, 0.6) is 0 Å². The van der Waals surface area contributed by atoms with Crippen LogP contribution in [0.25, 0.3) is 0 Å². The highest BCUT2D eigenvalue weighted by Crippen LogP contribution is 2.23. The van der Waals surface area contributed by atoms with E-state index in [4.69, 9.17) is 0 Å². The summed E-state index contributed by atoms with van der Waals surface area (Å²) in [5.74, 6) is 0. The maximum Gasteiger partial charge on any atom is 0.0320 e. The van der Waals surface area contributed by atoms with Crippen LogP contribution in [-0.4, -0.2) is 6.54 Å². The number of rotatable bonds is 5. The Morgan fingerprint density at radius 3 is 2.62 bits per heavy atom. The van der Waals surface area contributed by atoms with Crippen molar-refractivity contribution in [1.29, 1.82) is 0 Å². The second kappa shape index (κ2) is 6.05. The van der Waals surface area contributed by atoms with Crippen molar-refractivity contribution >= 4 is 0 Å². The minimum Gasteiger partial charge on any atom is -0.310 e. The molecule has 0 amide bonds. The van der Waals surface area contributed by atoms with E-state index in [9.17, 15) is 0 Å². The maximum absolute atomic E-state index is 3.54. The third kappa shape index (κ3) is 3.08. The van der Waals surface area contributed by atoms with Gasteiger partial charge in [0.15, 0.2) is 0 Å². The van der Waals surface area contributed by atoms with E-state index in [-0.39, 0.29) is 0 Å². The quantitative estimate of drug-likeness (QED) is 0.739. The molecule has 1 aliphatic rings. The first kappa shape index (κ1) is 11.7. The van der Waals surface area contributed by atoms with Crippen LogP contribution in [-0.2, 0) is 6.42 Å². The molecule has 0 aromatic heterocycles. The third-order valence-electron chi connectivity index (χ3n) is 3.51. The molecule has 1 aliphatic heterocycles. The fourth-order valence-corrected chi connectivity index (χ4v) is 2.46. The molecule has 0 saturated carbocycles. The summed E-state index contributed by atoms with van der Waals surface area (Å²) in [5, 5.41) is 3.54. The topological polar surface area (TPSA) is 12.0 Å². The number of benzene rings is 1. The predicted molar refractivity (Wildman–Crippen MR) is 69.6 cm³/mol. The van der Waals surface area contributed by atoms with Crippen LogP contribution < -0.4 is 5.32 Å². The van der Waals surface area contributed by atoms with Crippen LogP contribution >= 0.6 is 0 Å². The lowest BCUT2D eigenvalue weighted by Gasteiger charge is -2.11. The molecule has 88 valence electrons. The van der Waals surface area contributed by atoms with Gasteiger partial charge in [0.05, 0.1) is 0 Å². The number of hydrogen-bond donors (Lipinski definition) is 1. The van der Waals surface area contributed by atoms with Gasteiger partial charge in [-0.05, 0) is 43.4 Å². The van der Waals surface area contributed by atoms with E-state index in [1.54, 1.807) is 0 Å². The molecule has 1 heteroatoms. The molecule has 1 fully saturated rings. The molecular formula is C15H23N. The van der Waals surface area contributed by atoms with Gasteiger partial charge >= 0.3 is 0 Å². The van der Waals surface area contributed by atoms with Crippen LogP contribution in [0.4, 0.5) is 0 Å². The summed E-state index contributed by atoms with van der Waals surface area (Å²) >= 11 is 0. The van der Waals surface area contributed by atoms with Gasteiger partial charge in [-0.25, -0.2) is 0 Å². The Morgan fingerprint density at radius 2 is 2.00 bits per heavy atom. The molecule has 1 nitrogen and oxygen atoms in total. The van der Waals surface area contributed by atoms with E-state index in [1.807, 2.05) is 0 Å². The lowest BCUT2D eigenvalue weighted by Crippen LogP contribution is -2.12. The van der Waals surface area contributed by atoms with Gasteiger partial charge in [0.2, 0.25) is 0 Å². The summed E-state index contributed by atoms with van der Waals surface area (Å²) in [5.41, 5.74) is 2.96. The minimum atomic E-state index is 0.615. The van der Waals surface area contributed by atoms with Crippen LogP contribution in [0.1, 0.15) is 56.2 Å². The number of aryl methyl sites for hydroxylation is 1. The third-order valence-corrected chi connectivity index (χ3v) is 3.51. The largest absolute Gasteiger partial charge is 0.310 e. The molecule has 0 bridgehead atoms. The highest BCUT2D eigenvalue weighted by atomic mass is 14.9. The molecule has 1 N–H and O–H groups in total. The van der Waals surface area contributed by atoms with Crippen LogP contribution in [0.2, 0.25) is 0 Å². The Kier molecular flexibility index (Phi) is 4.41. The van der Waals surface area contributed by atoms with Gasteiger partial charge in [-0.3, -0.25) is 0 Å². The molecular weight excluding hydrogens is 194 g/mol. The van der Waals surface area contributed by atoms with Gasteiger partial charge in [-0.15, -0.1) is 0 Å². The molecule has 0 spiro atoms. The highest BCUT2D eigenvalue weighted by molar-refractivity contribution is 5.25. The van der Waals surface area contributed by atoms with Gasteiger partial charge in [0.1, 0.15) is 0 Å². The molecule has 16 heavy (non-hydrogen) atoms. The standard InChI is InChI=1S/C15H23N/c1-2-3-4-6-13-8-10-14(11-9-13)15-7-5-12-16-15/h8-11,15-16H,2-7,12H2,1H3/t15-/m1/s1. The summed E-state index contributed by atoms with van der Waals surface area (Å²) in [6.07, 6.45) is 7.86. The second-order valence-corrected chi connectivity index (χ2v) is 4.85. The van der Waals surface area contributed by atoms with Crippen molar-refractivity contribution in [2.45, 2.75) is 51.5 Å². The second-order valence-electron chi connectivity index (χ2n) is 4.85. The van der Waals surface area contributed by atoms with Gasteiger partial charge in [-0.1, -0.05) is 44.0 Å². The summed E-state index contributed by atoms with van der Waals surface area (Å²) in [6.45, 7) is 3.44. The Bertz CT molecular complexity index is 296. The maximum atomic E-state index is 3.54. The van der Waals surface area contributed by atoms with Gasteiger partial charge in [0.25, 0.3) is 0 Å². The van der Waals surface area contributed by atoms with Gasteiger partial charge < -0.3 is 5.32 Å². The smallest absolute Gasteiger partial charge is 0.0320 e. The fraction of sp³-hybridized carbons (Fsp3) is 0.600. The molecule has 0 unspecified atom stereocenters. The zero-order valence-electron chi connectivity index (χ0n) is 10.3. The predicted octanol–water partition coefficient (Wildman–Crippen LogP) is 3.84. The van der Waals surface area contributed by atoms with Crippen molar-refractivity contribution in [1.82, 2.24) is 5.32 Å². The first-order valence-electron chi connectivity index (χ1n) is 6.72. The van der Waals surface area contributed by atoms with E-state index in [2.05, 4.69) is 36.5 Å². The SMILES string of the molecule is CCCCCc1ccc([C@H]2CCCN2)cc1. The van der Waals surface area contributed by atoms with Crippen molar-refractivity contribution < 1.29 is 0 Å². The number of nitrogens with one attached hydrogen (secondary N) is 1. The number of unbranched alkanes of at least 4 members (excludes halogenated alkanes) is 2. The lowest BCUT2D eigenvalue weighted by molar-refractivity contribution is 0.647. The zero-order chi connectivity index (χ0) is 11.2. The first-order chi connectivity index (χ1) is 7.90. The summed E-state index contributed by atoms with van der Waals surface area (Å²) in [4.78, 5) is 0. The average Bonchev–Trinajstić information content (AvgIpc) is 2.84. The molecule has 0 aliphatic carbocycles. The summed E-state index contributed by atoms with van der Waals surface area (Å²) in [7, 11) is 0. The molecule has 0 radical (unpaired) electrons. The van der Waals surface area contributed by atoms with E-state index >= 15 is 0 Å². The summed E-state index contributed by atoms with van der Waals surface area (Å²) < 4.78 is 0. The molecule has 1 aromatic rings. The van der Waals surface area contributed by atoms with E-state index in [0.717, 1.165) is 0 Å². The molecule has 1 atom stereocenters. The van der Waals surface area contributed by atoms with Gasteiger partial charge in [0, 0.05) is 6.04 Å². The van der Waals surface area contributed by atoms with Crippen molar-refractivity contribution in [3.63, 3.8) is 0 Å². The van der Waals surface area contributed by atoms with E-state index < -0.39 is 0 Å². The summed E-state index contributed by atoms with van der Waals surface area (Å²) in [6, 6.07) is 9.86. The monoisotopic (exact) mass is 217 g/mol. The fourth-order valence-electron chi connectivity index (χ4n) is 2.46. The Morgan fingerprint density at radius 1 is 1.19 bits per heavy atom. The molecule has 2 rings (SSSR count). The minimum absolute atomic E-state index is 0.615. The van der Waals surface area contributed by atoms with Crippen LogP contribution in [0, 0.1) is 0 Å². The van der Waals surface area contributed by atoms with Crippen molar-refractivity contribution in [3.8, 4) is 0 Å².